The second kappa shape index (κ2) is 5.09. The van der Waals surface area contributed by atoms with Gasteiger partial charge in [-0.25, -0.2) is 0 Å². The standard InChI is InChI=1S/C9H23NOSi2/c1-8-13(6,7)10(9(2)3)12(5)11-4/h8-9,12H,1H2,2-7H3. The molecule has 4 heteroatoms. The molecule has 0 aromatic heterocycles. The first-order chi connectivity index (χ1) is 5.86. The molecule has 0 aliphatic carbocycles. The van der Waals surface area contributed by atoms with Gasteiger partial charge in [0, 0.05) is 7.11 Å². The number of hydrogen-bond acceptors (Lipinski definition) is 2. The van der Waals surface area contributed by atoms with Crippen LogP contribution in [0.2, 0.25) is 19.6 Å². The molecule has 0 aliphatic heterocycles. The highest BCUT2D eigenvalue weighted by atomic mass is 28.4. The summed E-state index contributed by atoms with van der Waals surface area (Å²) in [6.07, 6.45) is 0. The zero-order valence-corrected chi connectivity index (χ0v) is 11.9. The fourth-order valence-corrected chi connectivity index (χ4v) is 8.76. The van der Waals surface area contributed by atoms with E-state index in [1.807, 2.05) is 7.11 Å². The summed E-state index contributed by atoms with van der Waals surface area (Å²) in [5, 5.41) is 0. The van der Waals surface area contributed by atoms with E-state index in [0.29, 0.717) is 6.04 Å². The third kappa shape index (κ3) is 3.38. The topological polar surface area (TPSA) is 12.5 Å². The van der Waals surface area contributed by atoms with Crippen LogP contribution in [0.5, 0.6) is 0 Å². The molecule has 1 unspecified atom stereocenters. The molecule has 0 fully saturated rings. The van der Waals surface area contributed by atoms with Crippen LogP contribution in [0.1, 0.15) is 13.8 Å². The number of nitrogens with zero attached hydrogens (tertiary/aromatic N) is 1. The summed E-state index contributed by atoms with van der Waals surface area (Å²) >= 11 is 0. The van der Waals surface area contributed by atoms with Crippen molar-refractivity contribution in [1.29, 1.82) is 0 Å². The largest absolute Gasteiger partial charge is 0.409 e. The molecule has 0 heterocycles. The molecule has 0 saturated heterocycles. The highest BCUT2D eigenvalue weighted by Gasteiger charge is 2.32. The van der Waals surface area contributed by atoms with Crippen LogP contribution in [0.15, 0.2) is 12.3 Å². The Morgan fingerprint density at radius 1 is 1.46 bits per heavy atom. The number of hydrogen-bond donors (Lipinski definition) is 0. The van der Waals surface area contributed by atoms with E-state index in [1.165, 1.54) is 0 Å². The minimum absolute atomic E-state index is 0.571. The Hall–Kier alpha value is 0.0938. The van der Waals surface area contributed by atoms with Crippen LogP contribution in [0.3, 0.4) is 0 Å². The van der Waals surface area contributed by atoms with Crippen LogP contribution in [0.25, 0.3) is 0 Å². The van der Waals surface area contributed by atoms with Crippen LogP contribution >= 0.6 is 0 Å². The summed E-state index contributed by atoms with van der Waals surface area (Å²) in [5.74, 6) is 0. The molecule has 0 amide bonds. The average Bonchev–Trinajstić information content (AvgIpc) is 2.03. The maximum Gasteiger partial charge on any atom is 0.245 e. The van der Waals surface area contributed by atoms with Crippen molar-refractivity contribution in [2.75, 3.05) is 7.11 Å². The van der Waals surface area contributed by atoms with Crippen LogP contribution in [0, 0.1) is 0 Å². The first-order valence-electron chi connectivity index (χ1n) is 4.81. The maximum absolute atomic E-state index is 5.51. The van der Waals surface area contributed by atoms with Gasteiger partial charge in [0.25, 0.3) is 0 Å². The van der Waals surface area contributed by atoms with Gasteiger partial charge in [-0.1, -0.05) is 32.6 Å². The summed E-state index contributed by atoms with van der Waals surface area (Å²) < 4.78 is 8.08. The lowest BCUT2D eigenvalue weighted by Crippen LogP contribution is -2.58. The zero-order chi connectivity index (χ0) is 10.6. The Labute approximate surface area is 85.5 Å². The van der Waals surface area contributed by atoms with Crippen LogP contribution in [-0.2, 0) is 4.43 Å². The van der Waals surface area contributed by atoms with Crippen molar-refractivity contribution in [3.63, 3.8) is 0 Å². The fraction of sp³-hybridized carbons (Fsp3) is 0.778. The third-order valence-electron chi connectivity index (χ3n) is 2.45. The van der Waals surface area contributed by atoms with Crippen molar-refractivity contribution in [1.82, 2.24) is 4.23 Å². The molecule has 0 aromatic carbocycles. The summed E-state index contributed by atoms with van der Waals surface area (Å²) in [4.78, 5) is 0. The Morgan fingerprint density at radius 3 is 2.15 bits per heavy atom. The monoisotopic (exact) mass is 217 g/mol. The lowest BCUT2D eigenvalue weighted by molar-refractivity contribution is 0.355. The average molecular weight is 217 g/mol. The Balaban J connectivity index is 4.69. The molecule has 0 radical (unpaired) electrons. The van der Waals surface area contributed by atoms with Gasteiger partial charge in [0.2, 0.25) is 9.20 Å². The van der Waals surface area contributed by atoms with Crippen molar-refractivity contribution in [2.45, 2.75) is 39.5 Å². The Kier molecular flexibility index (Phi) is 5.13. The van der Waals surface area contributed by atoms with Crippen molar-refractivity contribution >= 4 is 17.4 Å². The minimum Gasteiger partial charge on any atom is -0.409 e. The van der Waals surface area contributed by atoms with Gasteiger partial charge < -0.3 is 8.66 Å². The molecule has 13 heavy (non-hydrogen) atoms. The molecule has 0 aliphatic rings. The zero-order valence-electron chi connectivity index (χ0n) is 9.79. The second-order valence-electron chi connectivity index (χ2n) is 4.19. The Morgan fingerprint density at radius 2 is 1.92 bits per heavy atom. The fourth-order valence-electron chi connectivity index (χ4n) is 1.77. The van der Waals surface area contributed by atoms with E-state index in [-0.39, 0.29) is 0 Å². The predicted molar refractivity (Wildman–Crippen MR) is 64.7 cm³/mol. The summed E-state index contributed by atoms with van der Waals surface area (Å²) in [5.41, 5.74) is 2.13. The smallest absolute Gasteiger partial charge is 0.245 e. The van der Waals surface area contributed by atoms with Crippen molar-refractivity contribution in [3.05, 3.63) is 12.3 Å². The van der Waals surface area contributed by atoms with Gasteiger partial charge in [0.1, 0.15) is 8.24 Å². The van der Waals surface area contributed by atoms with Crippen LogP contribution < -0.4 is 0 Å². The molecule has 2 nitrogen and oxygen atoms in total. The molecule has 1 atom stereocenters. The third-order valence-corrected chi connectivity index (χ3v) is 10.4. The van der Waals surface area contributed by atoms with Gasteiger partial charge in [-0.3, -0.25) is 0 Å². The molecule has 0 bridgehead atoms. The SMILES string of the molecule is C=C[Si](C)(C)N(C(C)C)[SiH](C)OC. The van der Waals surface area contributed by atoms with E-state index in [1.54, 1.807) is 0 Å². The molecular weight excluding hydrogens is 194 g/mol. The van der Waals surface area contributed by atoms with Gasteiger partial charge in [-0.2, -0.15) is 0 Å². The highest BCUT2D eigenvalue weighted by Crippen LogP contribution is 2.16. The van der Waals surface area contributed by atoms with Gasteiger partial charge in [0.05, 0.1) is 0 Å². The van der Waals surface area contributed by atoms with Gasteiger partial charge in [0.15, 0.2) is 0 Å². The van der Waals surface area contributed by atoms with E-state index in [2.05, 4.69) is 50.0 Å². The molecule has 0 N–H and O–H groups in total. The van der Waals surface area contributed by atoms with E-state index in [4.69, 9.17) is 4.43 Å². The molecule has 0 rings (SSSR count). The molecule has 0 spiro atoms. The van der Waals surface area contributed by atoms with Gasteiger partial charge in [-0.15, -0.1) is 6.58 Å². The number of rotatable bonds is 5. The van der Waals surface area contributed by atoms with E-state index < -0.39 is 17.4 Å². The summed E-state index contributed by atoms with van der Waals surface area (Å²) in [6.45, 7) is 15.3. The molecular formula is C9H23NOSi2. The van der Waals surface area contributed by atoms with Gasteiger partial charge >= 0.3 is 0 Å². The molecule has 0 saturated carbocycles. The van der Waals surface area contributed by atoms with E-state index in [0.717, 1.165) is 0 Å². The lowest BCUT2D eigenvalue weighted by Gasteiger charge is -2.41. The minimum atomic E-state index is -1.42. The van der Waals surface area contributed by atoms with Gasteiger partial charge in [-0.05, 0) is 12.6 Å². The van der Waals surface area contributed by atoms with Crippen molar-refractivity contribution in [2.24, 2.45) is 0 Å². The first kappa shape index (κ1) is 13.1. The van der Waals surface area contributed by atoms with Crippen molar-refractivity contribution < 1.29 is 4.43 Å². The lowest BCUT2D eigenvalue weighted by atomic mass is 10.4. The predicted octanol–water partition coefficient (Wildman–Crippen LogP) is 2.12. The normalized spacial score (nSPS) is 15.1. The first-order valence-corrected chi connectivity index (χ1v) is 9.98. The molecule has 0 aromatic rings. The van der Waals surface area contributed by atoms with Crippen LogP contribution in [0.4, 0.5) is 0 Å². The van der Waals surface area contributed by atoms with E-state index >= 15 is 0 Å². The second-order valence-corrected chi connectivity index (χ2v) is 11.2. The van der Waals surface area contributed by atoms with E-state index in [9.17, 15) is 0 Å². The quantitative estimate of drug-likeness (QED) is 0.654. The summed E-state index contributed by atoms with van der Waals surface area (Å²) in [6, 6.07) is 0.571. The van der Waals surface area contributed by atoms with Crippen LogP contribution in [-0.4, -0.2) is 34.8 Å². The molecule has 78 valence electrons. The highest BCUT2D eigenvalue weighted by molar-refractivity contribution is 6.86. The summed E-state index contributed by atoms with van der Waals surface area (Å²) in [7, 11) is -0.774. The maximum atomic E-state index is 5.51. The Bertz CT molecular complexity index is 171. The van der Waals surface area contributed by atoms with Crippen molar-refractivity contribution in [3.8, 4) is 0 Å².